The van der Waals surface area contributed by atoms with E-state index in [1.807, 2.05) is 0 Å². The van der Waals surface area contributed by atoms with Crippen LogP contribution in [0.4, 0.5) is 5.69 Å². The molecule has 2 N–H and O–H groups in total. The fourth-order valence-corrected chi connectivity index (χ4v) is 0.676. The number of nitrogens with zero attached hydrogens (tertiary/aromatic N) is 2. The first-order valence-corrected chi connectivity index (χ1v) is 3.25. The maximum Gasteiger partial charge on any atom is 0.319 e. The molecule has 0 fully saturated rings. The van der Waals surface area contributed by atoms with Gasteiger partial charge in [0.15, 0.2) is 11.1 Å². The van der Waals surface area contributed by atoms with Crippen LogP contribution in [0.5, 0.6) is 0 Å². The molecular formula is C5H4BrN3O+. The van der Waals surface area contributed by atoms with Crippen LogP contribution in [0, 0.1) is 11.1 Å². The van der Waals surface area contributed by atoms with Crippen LogP contribution in [0.15, 0.2) is 16.7 Å². The Balaban J connectivity index is 3.00. The van der Waals surface area contributed by atoms with Crippen LogP contribution < -0.4 is 5.84 Å². The second-order valence-corrected chi connectivity index (χ2v) is 2.40. The van der Waals surface area contributed by atoms with E-state index in [0.29, 0.717) is 4.60 Å². The number of pyridine rings is 1. The number of rotatable bonds is 1. The van der Waals surface area contributed by atoms with E-state index in [2.05, 4.69) is 27.1 Å². The summed E-state index contributed by atoms with van der Waals surface area (Å²) in [7, 11) is 0. The van der Waals surface area contributed by atoms with Crippen molar-refractivity contribution in [1.82, 2.24) is 4.98 Å². The summed E-state index contributed by atoms with van der Waals surface area (Å²) in [6.07, 6.45) is 2.43. The molecule has 0 amide bonds. The Morgan fingerprint density at radius 2 is 2.40 bits per heavy atom. The third-order valence-electron chi connectivity index (χ3n) is 0.893. The number of hydrazine groups is 1. The predicted octanol–water partition coefficient (Wildman–Crippen LogP) is 0.928. The third kappa shape index (κ3) is 1.51. The first-order chi connectivity index (χ1) is 4.70. The summed E-state index contributed by atoms with van der Waals surface area (Å²) in [6, 6.07) is 3.13. The predicted molar refractivity (Wildman–Crippen MR) is 38.2 cm³/mol. The van der Waals surface area contributed by atoms with Crippen molar-refractivity contribution in [3.05, 3.63) is 27.8 Å². The first kappa shape index (κ1) is 7.14. The summed E-state index contributed by atoms with van der Waals surface area (Å²) in [5.41, 5.74) is 0.211. The van der Waals surface area contributed by atoms with Gasteiger partial charge in [-0.25, -0.2) is 4.98 Å². The van der Waals surface area contributed by atoms with Crippen molar-refractivity contribution >= 4 is 21.6 Å². The van der Waals surface area contributed by atoms with Crippen molar-refractivity contribution < 1.29 is 4.87 Å². The van der Waals surface area contributed by atoms with E-state index in [9.17, 15) is 4.91 Å². The molecule has 0 saturated heterocycles. The van der Waals surface area contributed by atoms with Gasteiger partial charge < -0.3 is 0 Å². The van der Waals surface area contributed by atoms with Gasteiger partial charge in [-0.3, -0.25) is 0 Å². The summed E-state index contributed by atoms with van der Waals surface area (Å²) >= 11 is 3.09. The minimum absolute atomic E-state index is 0.208. The maximum atomic E-state index is 10.4. The molecular weight excluding hydrogens is 198 g/mol. The van der Waals surface area contributed by atoms with Gasteiger partial charge in [0.1, 0.15) is 4.60 Å². The highest BCUT2D eigenvalue weighted by atomic mass is 79.9. The standard InChI is InChI=1S/C5H4BrN3O/c6-5-2-1-4(3-8-5)9(7)10/h1-2H,(H2,7,10)/q+1. The van der Waals surface area contributed by atoms with Crippen LogP contribution in [0.2, 0.25) is 0 Å². The van der Waals surface area contributed by atoms with Gasteiger partial charge in [0.05, 0.1) is 4.91 Å². The summed E-state index contributed by atoms with van der Waals surface area (Å²) in [4.78, 5) is 14.2. The lowest BCUT2D eigenvalue weighted by molar-refractivity contribution is -0.475. The van der Waals surface area contributed by atoms with Crippen molar-refractivity contribution in [1.29, 1.82) is 0 Å². The Labute approximate surface area is 65.7 Å². The van der Waals surface area contributed by atoms with Crippen molar-refractivity contribution in [2.75, 3.05) is 0 Å². The molecule has 1 heterocycles. The molecule has 0 atom stereocenters. The SMILES string of the molecule is N[N+](=O)c1[c]nc(Br)cc1. The number of nitrogens with two attached hydrogens (primary N) is 1. The average molecular weight is 202 g/mol. The van der Waals surface area contributed by atoms with Gasteiger partial charge in [0, 0.05) is 6.07 Å². The van der Waals surface area contributed by atoms with E-state index >= 15 is 0 Å². The third-order valence-corrected chi connectivity index (χ3v) is 1.34. The average Bonchev–Trinajstić information content (AvgIpc) is 1.88. The normalized spacial score (nSPS) is 9.30. The monoisotopic (exact) mass is 201 g/mol. The number of aromatic nitrogens is 1. The van der Waals surface area contributed by atoms with Gasteiger partial charge in [0.2, 0.25) is 0 Å². The number of halogens is 1. The zero-order valence-electron chi connectivity index (χ0n) is 4.91. The smallest absolute Gasteiger partial charge is 0.232 e. The van der Waals surface area contributed by atoms with Crippen molar-refractivity contribution in [2.45, 2.75) is 0 Å². The lowest BCUT2D eigenvalue weighted by Crippen LogP contribution is -2.08. The van der Waals surface area contributed by atoms with Gasteiger partial charge in [0.25, 0.3) is 0 Å². The Morgan fingerprint density at radius 1 is 1.70 bits per heavy atom. The zero-order chi connectivity index (χ0) is 7.56. The molecule has 4 nitrogen and oxygen atoms in total. The minimum Gasteiger partial charge on any atom is -0.232 e. The quantitative estimate of drug-likeness (QED) is 0.319. The van der Waals surface area contributed by atoms with E-state index in [0.717, 1.165) is 0 Å². The van der Waals surface area contributed by atoms with E-state index in [1.54, 1.807) is 6.07 Å². The van der Waals surface area contributed by atoms with Crippen LogP contribution in [0.3, 0.4) is 0 Å². The lowest BCUT2D eigenvalue weighted by Gasteiger charge is -1.84. The van der Waals surface area contributed by atoms with E-state index in [1.165, 1.54) is 6.07 Å². The van der Waals surface area contributed by atoms with Crippen molar-refractivity contribution in [2.24, 2.45) is 5.84 Å². The van der Waals surface area contributed by atoms with Crippen LogP contribution in [-0.2, 0) is 0 Å². The first-order valence-electron chi connectivity index (χ1n) is 2.46. The molecule has 1 aromatic heterocycles. The summed E-state index contributed by atoms with van der Waals surface area (Å²) in [5, 5.41) is 0. The van der Waals surface area contributed by atoms with Crippen molar-refractivity contribution in [3.8, 4) is 0 Å². The molecule has 0 unspecified atom stereocenters. The molecule has 1 radical (unpaired) electrons. The molecule has 0 spiro atoms. The molecule has 0 aliphatic heterocycles. The Morgan fingerprint density at radius 3 is 2.80 bits per heavy atom. The summed E-state index contributed by atoms with van der Waals surface area (Å²) in [5.74, 6) is 4.86. The Hall–Kier alpha value is -0.970. The molecule has 0 aliphatic rings. The summed E-state index contributed by atoms with van der Waals surface area (Å²) < 4.78 is 0.623. The Kier molecular flexibility index (Phi) is 1.96. The molecule has 0 aromatic carbocycles. The number of hydrogen-bond acceptors (Lipinski definition) is 2. The highest BCUT2D eigenvalue weighted by molar-refractivity contribution is 9.10. The number of hydrogen-bond donors (Lipinski definition) is 1. The summed E-state index contributed by atoms with van der Waals surface area (Å²) in [6.45, 7) is 0. The molecule has 10 heavy (non-hydrogen) atoms. The fourth-order valence-electron chi connectivity index (χ4n) is 0.456. The lowest BCUT2D eigenvalue weighted by atomic mass is 10.4. The second-order valence-electron chi connectivity index (χ2n) is 1.59. The van der Waals surface area contributed by atoms with E-state index in [-0.39, 0.29) is 10.6 Å². The van der Waals surface area contributed by atoms with E-state index in [4.69, 9.17) is 5.84 Å². The molecule has 1 rings (SSSR count). The highest BCUT2D eigenvalue weighted by Crippen LogP contribution is 2.09. The highest BCUT2D eigenvalue weighted by Gasteiger charge is 2.07. The zero-order valence-corrected chi connectivity index (χ0v) is 6.50. The fraction of sp³-hybridized carbons (Fsp3) is 0. The molecule has 5 heteroatoms. The van der Waals surface area contributed by atoms with Crippen molar-refractivity contribution in [3.63, 3.8) is 0 Å². The second kappa shape index (κ2) is 2.74. The minimum atomic E-state index is 0.208. The van der Waals surface area contributed by atoms with Crippen LogP contribution >= 0.6 is 15.9 Å². The van der Waals surface area contributed by atoms with E-state index < -0.39 is 0 Å². The van der Waals surface area contributed by atoms with Crippen LogP contribution in [0.25, 0.3) is 0 Å². The largest absolute Gasteiger partial charge is 0.319 e. The van der Waals surface area contributed by atoms with Gasteiger partial charge >= 0.3 is 5.69 Å². The molecule has 0 bridgehead atoms. The molecule has 51 valence electrons. The maximum absolute atomic E-state index is 10.4. The Bertz CT molecular complexity index is 246. The van der Waals surface area contributed by atoms with Gasteiger partial charge in [-0.2, -0.15) is 5.84 Å². The number of nitroso groups, excluding NO2 is 1. The van der Waals surface area contributed by atoms with Gasteiger partial charge in [-0.15, -0.1) is 0 Å². The van der Waals surface area contributed by atoms with Crippen LogP contribution in [-0.4, -0.2) is 9.85 Å². The van der Waals surface area contributed by atoms with Gasteiger partial charge in [-0.05, 0) is 22.0 Å². The topological polar surface area (TPSA) is 59.0 Å². The molecule has 0 saturated carbocycles. The van der Waals surface area contributed by atoms with Gasteiger partial charge in [-0.1, -0.05) is 0 Å². The van der Waals surface area contributed by atoms with Crippen LogP contribution in [0.1, 0.15) is 0 Å². The molecule has 0 aliphatic carbocycles. The molecule has 1 aromatic rings.